The van der Waals surface area contributed by atoms with Crippen LogP contribution in [0.15, 0.2) is 24.3 Å². The van der Waals surface area contributed by atoms with Gasteiger partial charge < -0.3 is 9.47 Å². The maximum atomic E-state index is 12.2. The molecule has 0 amide bonds. The molecule has 0 aliphatic heterocycles. The van der Waals surface area contributed by atoms with Crippen molar-refractivity contribution in [3.63, 3.8) is 0 Å². The maximum absolute atomic E-state index is 12.2. The van der Waals surface area contributed by atoms with Crippen LogP contribution in [0.5, 0.6) is 0 Å². The third kappa shape index (κ3) is 10.8. The Morgan fingerprint density at radius 3 is 1.74 bits per heavy atom. The minimum Gasteiger partial charge on any atom is -0.462 e. The summed E-state index contributed by atoms with van der Waals surface area (Å²) in [5, 5.41) is 0. The van der Waals surface area contributed by atoms with Crippen molar-refractivity contribution in [1.29, 1.82) is 0 Å². The van der Waals surface area contributed by atoms with Gasteiger partial charge in [0.2, 0.25) is 0 Å². The van der Waals surface area contributed by atoms with Crippen molar-refractivity contribution in [3.8, 4) is 0 Å². The van der Waals surface area contributed by atoms with E-state index >= 15 is 0 Å². The fourth-order valence-electron chi connectivity index (χ4n) is 4.28. The van der Waals surface area contributed by atoms with Gasteiger partial charge in [0.05, 0.1) is 24.3 Å². The van der Waals surface area contributed by atoms with Gasteiger partial charge in [-0.2, -0.15) is 0 Å². The number of ether oxygens (including phenoxy) is 2. The van der Waals surface area contributed by atoms with E-state index in [1.54, 1.807) is 24.3 Å². The summed E-state index contributed by atoms with van der Waals surface area (Å²) in [5.41, 5.74) is 0.966. The van der Waals surface area contributed by atoms with Crippen LogP contribution >= 0.6 is 0 Å². The Balaban J connectivity index is 1.55. The Morgan fingerprint density at radius 2 is 1.19 bits per heavy atom. The molecule has 0 saturated heterocycles. The molecule has 2 rings (SSSR count). The van der Waals surface area contributed by atoms with Gasteiger partial charge in [-0.3, -0.25) is 0 Å². The molecule has 0 radical (unpaired) electrons. The molecule has 1 aliphatic carbocycles. The third-order valence-corrected chi connectivity index (χ3v) is 6.32. The van der Waals surface area contributed by atoms with Gasteiger partial charge >= 0.3 is 11.9 Å². The molecule has 1 aliphatic rings. The van der Waals surface area contributed by atoms with E-state index in [4.69, 9.17) is 9.47 Å². The number of benzene rings is 1. The summed E-state index contributed by atoms with van der Waals surface area (Å²) >= 11 is 0. The highest BCUT2D eigenvalue weighted by atomic mass is 16.5. The first-order valence-corrected chi connectivity index (χ1v) is 12.6. The number of hydrogen-bond acceptors (Lipinski definition) is 4. The van der Waals surface area contributed by atoms with Crippen molar-refractivity contribution < 1.29 is 19.1 Å². The SMILES string of the molecule is CCCCCCCCCCCOC(=O)c1ccc(C(=O)OCCC2CCCCC2)cc1. The standard InChI is InChI=1S/C27H42O4/c1-2-3-4-5-6-7-8-9-13-21-30-26(28)24-16-18-25(19-17-24)27(29)31-22-20-23-14-11-10-12-15-23/h16-19,23H,2-15,20-22H2,1H3. The van der Waals surface area contributed by atoms with Crippen molar-refractivity contribution in [2.45, 2.75) is 103 Å². The topological polar surface area (TPSA) is 52.6 Å². The first-order chi connectivity index (χ1) is 15.2. The van der Waals surface area contributed by atoms with Crippen LogP contribution in [0.2, 0.25) is 0 Å². The lowest BCUT2D eigenvalue weighted by molar-refractivity contribution is 0.0467. The molecule has 4 heteroatoms. The summed E-state index contributed by atoms with van der Waals surface area (Å²) in [7, 11) is 0. The second kappa shape index (κ2) is 15.9. The Labute approximate surface area is 189 Å². The van der Waals surface area contributed by atoms with Crippen LogP contribution in [-0.4, -0.2) is 25.2 Å². The van der Waals surface area contributed by atoms with Crippen molar-refractivity contribution in [1.82, 2.24) is 0 Å². The summed E-state index contributed by atoms with van der Waals surface area (Å²) in [6.45, 7) is 3.18. The Bertz CT molecular complexity index is 617. The molecular weight excluding hydrogens is 388 g/mol. The zero-order valence-electron chi connectivity index (χ0n) is 19.5. The lowest BCUT2D eigenvalue weighted by Gasteiger charge is -2.21. The summed E-state index contributed by atoms with van der Waals surface area (Å²) in [5.74, 6) is 0.0618. The van der Waals surface area contributed by atoms with E-state index < -0.39 is 0 Å². The van der Waals surface area contributed by atoms with Crippen molar-refractivity contribution >= 4 is 11.9 Å². The van der Waals surface area contributed by atoms with E-state index in [2.05, 4.69) is 6.92 Å². The van der Waals surface area contributed by atoms with E-state index in [-0.39, 0.29) is 11.9 Å². The number of carbonyl (C=O) groups is 2. The Kier molecular flexibility index (Phi) is 13.0. The van der Waals surface area contributed by atoms with Gasteiger partial charge in [-0.1, -0.05) is 90.4 Å². The number of rotatable bonds is 15. The lowest BCUT2D eigenvalue weighted by atomic mass is 9.87. The summed E-state index contributed by atoms with van der Waals surface area (Å²) < 4.78 is 10.8. The number of hydrogen-bond donors (Lipinski definition) is 0. The van der Waals surface area contributed by atoms with Crippen LogP contribution in [0.3, 0.4) is 0 Å². The van der Waals surface area contributed by atoms with Crippen LogP contribution in [-0.2, 0) is 9.47 Å². The fraction of sp³-hybridized carbons (Fsp3) is 0.704. The molecular formula is C27H42O4. The molecule has 1 fully saturated rings. The first-order valence-electron chi connectivity index (χ1n) is 12.6. The molecule has 1 aromatic carbocycles. The quantitative estimate of drug-likeness (QED) is 0.213. The van der Waals surface area contributed by atoms with Crippen molar-refractivity contribution in [2.24, 2.45) is 5.92 Å². The molecule has 31 heavy (non-hydrogen) atoms. The molecule has 0 atom stereocenters. The molecule has 0 unspecified atom stereocenters. The van der Waals surface area contributed by atoms with E-state index in [1.165, 1.54) is 77.0 Å². The Hall–Kier alpha value is -1.84. The zero-order chi connectivity index (χ0) is 22.2. The number of unbranched alkanes of at least 4 members (excludes halogenated alkanes) is 8. The maximum Gasteiger partial charge on any atom is 0.338 e. The first kappa shape index (κ1) is 25.4. The van der Waals surface area contributed by atoms with E-state index in [9.17, 15) is 9.59 Å². The molecule has 0 N–H and O–H groups in total. The van der Waals surface area contributed by atoms with Crippen LogP contribution in [0.1, 0.15) is 124 Å². The number of esters is 2. The van der Waals surface area contributed by atoms with Crippen LogP contribution in [0.4, 0.5) is 0 Å². The van der Waals surface area contributed by atoms with Crippen LogP contribution in [0.25, 0.3) is 0 Å². The highest BCUT2D eigenvalue weighted by Gasteiger charge is 2.15. The minimum absolute atomic E-state index is 0.314. The smallest absolute Gasteiger partial charge is 0.338 e. The molecule has 0 bridgehead atoms. The predicted molar refractivity (Wildman–Crippen MR) is 125 cm³/mol. The predicted octanol–water partition coefficient (Wildman–Crippen LogP) is 7.50. The third-order valence-electron chi connectivity index (χ3n) is 6.32. The minimum atomic E-state index is -0.322. The molecule has 4 nitrogen and oxygen atoms in total. The normalized spacial score (nSPS) is 14.4. The average molecular weight is 431 g/mol. The second-order valence-corrected chi connectivity index (χ2v) is 8.97. The highest BCUT2D eigenvalue weighted by Crippen LogP contribution is 2.26. The van der Waals surface area contributed by atoms with Crippen LogP contribution in [0, 0.1) is 5.92 Å². The lowest BCUT2D eigenvalue weighted by Crippen LogP contribution is -2.13. The summed E-state index contributed by atoms with van der Waals surface area (Å²) in [6.07, 6.45) is 18.5. The molecule has 0 heterocycles. The second-order valence-electron chi connectivity index (χ2n) is 8.97. The highest BCUT2D eigenvalue weighted by molar-refractivity contribution is 5.93. The summed E-state index contributed by atoms with van der Waals surface area (Å²) in [4.78, 5) is 24.4. The van der Waals surface area contributed by atoms with Gasteiger partial charge in [0.25, 0.3) is 0 Å². The van der Waals surface area contributed by atoms with Crippen molar-refractivity contribution in [2.75, 3.05) is 13.2 Å². The van der Waals surface area contributed by atoms with Gasteiger partial charge in [0.15, 0.2) is 0 Å². The van der Waals surface area contributed by atoms with E-state index in [1.807, 2.05) is 0 Å². The largest absolute Gasteiger partial charge is 0.462 e. The van der Waals surface area contributed by atoms with Crippen LogP contribution < -0.4 is 0 Å². The van der Waals surface area contributed by atoms with Gasteiger partial charge in [0.1, 0.15) is 0 Å². The zero-order valence-corrected chi connectivity index (χ0v) is 19.5. The Morgan fingerprint density at radius 1 is 0.710 bits per heavy atom. The molecule has 1 aromatic rings. The molecule has 0 spiro atoms. The summed E-state index contributed by atoms with van der Waals surface area (Å²) in [6, 6.07) is 6.60. The molecule has 1 saturated carbocycles. The van der Waals surface area contributed by atoms with E-state index in [0.717, 1.165) is 19.3 Å². The van der Waals surface area contributed by atoms with Gasteiger partial charge in [-0.05, 0) is 43.0 Å². The molecule has 0 aromatic heterocycles. The number of carbonyl (C=O) groups excluding carboxylic acids is 2. The fourth-order valence-corrected chi connectivity index (χ4v) is 4.28. The van der Waals surface area contributed by atoms with Gasteiger partial charge in [-0.15, -0.1) is 0 Å². The monoisotopic (exact) mass is 430 g/mol. The van der Waals surface area contributed by atoms with E-state index in [0.29, 0.717) is 30.3 Å². The molecule has 174 valence electrons. The van der Waals surface area contributed by atoms with Crippen molar-refractivity contribution in [3.05, 3.63) is 35.4 Å². The van der Waals surface area contributed by atoms with Gasteiger partial charge in [-0.25, -0.2) is 9.59 Å². The average Bonchev–Trinajstić information content (AvgIpc) is 2.81. The van der Waals surface area contributed by atoms with Gasteiger partial charge in [0, 0.05) is 0 Å².